The van der Waals surface area contributed by atoms with Crippen LogP contribution in [0.2, 0.25) is 0 Å². The lowest BCUT2D eigenvalue weighted by molar-refractivity contribution is -0.150. The smallest absolute Gasteiger partial charge is 0.411 e. The maximum Gasteiger partial charge on any atom is 0.411 e. The van der Waals surface area contributed by atoms with Gasteiger partial charge in [-0.2, -0.15) is 0 Å². The molecule has 0 bridgehead atoms. The van der Waals surface area contributed by atoms with Gasteiger partial charge in [0.05, 0.1) is 0 Å². The Labute approximate surface area is 127 Å². The Morgan fingerprint density at radius 2 is 1.73 bits per heavy atom. The molecule has 7 heteroatoms. The number of aliphatic carboxylic acids is 1. The molecule has 0 aliphatic carbocycles. The average Bonchev–Trinajstić information content (AvgIpc) is 2.38. The van der Waals surface area contributed by atoms with Crippen LogP contribution in [0.5, 0.6) is 0 Å². The number of hydrogen-bond acceptors (Lipinski definition) is 3. The van der Waals surface area contributed by atoms with Crippen molar-refractivity contribution < 1.29 is 28.2 Å². The van der Waals surface area contributed by atoms with Gasteiger partial charge in [0.1, 0.15) is 5.60 Å². The molecule has 0 saturated heterocycles. The molecular formula is C15H19F2NO4. The van der Waals surface area contributed by atoms with E-state index in [1.54, 1.807) is 20.8 Å². The van der Waals surface area contributed by atoms with Gasteiger partial charge in [-0.1, -0.05) is 12.1 Å². The van der Waals surface area contributed by atoms with Crippen LogP contribution >= 0.6 is 0 Å². The molecule has 1 aromatic rings. The van der Waals surface area contributed by atoms with Gasteiger partial charge >= 0.3 is 12.1 Å². The molecule has 0 heterocycles. The minimum atomic E-state index is -2.12. The van der Waals surface area contributed by atoms with Crippen molar-refractivity contribution in [3.05, 3.63) is 35.4 Å². The molecule has 0 aliphatic rings. The number of likely N-dealkylation sites (N-methyl/N-ethyl adjacent to an activating group) is 1. The normalized spacial score (nSPS) is 14.1. The largest absolute Gasteiger partial charge is 0.479 e. The van der Waals surface area contributed by atoms with Gasteiger partial charge in [-0.25, -0.2) is 18.4 Å². The number of hydrogen-bond donors (Lipinski definition) is 1. The van der Waals surface area contributed by atoms with Gasteiger partial charge in [0, 0.05) is 12.6 Å². The van der Waals surface area contributed by atoms with E-state index in [1.807, 2.05) is 0 Å². The lowest BCUT2D eigenvalue weighted by Gasteiger charge is -2.36. The zero-order chi connectivity index (χ0) is 17.3. The molecule has 1 rings (SSSR count). The molecule has 122 valence electrons. The van der Waals surface area contributed by atoms with Crippen LogP contribution in [-0.2, 0) is 15.1 Å². The highest BCUT2D eigenvalue weighted by molar-refractivity contribution is 5.85. The van der Waals surface area contributed by atoms with Crippen molar-refractivity contribution in [1.82, 2.24) is 4.90 Å². The summed E-state index contributed by atoms with van der Waals surface area (Å²) in [5.74, 6) is -4.02. The molecule has 1 unspecified atom stereocenters. The molecule has 1 N–H and O–H groups in total. The van der Waals surface area contributed by atoms with Gasteiger partial charge in [-0.3, -0.25) is 4.90 Å². The minimum Gasteiger partial charge on any atom is -0.479 e. The Morgan fingerprint density at radius 1 is 1.18 bits per heavy atom. The van der Waals surface area contributed by atoms with Crippen molar-refractivity contribution in [1.29, 1.82) is 0 Å². The highest BCUT2D eigenvalue weighted by Crippen LogP contribution is 2.32. The van der Waals surface area contributed by atoms with Gasteiger partial charge in [0.15, 0.2) is 17.2 Å². The number of carbonyl (C=O) groups excluding carboxylic acids is 1. The highest BCUT2D eigenvalue weighted by Gasteiger charge is 2.45. The van der Waals surface area contributed by atoms with E-state index in [2.05, 4.69) is 0 Å². The molecule has 1 atom stereocenters. The monoisotopic (exact) mass is 315 g/mol. The van der Waals surface area contributed by atoms with Gasteiger partial charge in [0.2, 0.25) is 0 Å². The van der Waals surface area contributed by atoms with Gasteiger partial charge in [-0.15, -0.1) is 0 Å². The topological polar surface area (TPSA) is 66.8 Å². The van der Waals surface area contributed by atoms with Gasteiger partial charge in [-0.05, 0) is 33.8 Å². The standard InChI is InChI=1S/C15H19F2NO4/c1-14(2,3)22-13(21)18(5)15(4,12(19)20)9-7-6-8-10(16)11(9)17/h6-8H,1-5H3,(H,19,20). The van der Waals surface area contributed by atoms with Crippen LogP contribution in [0.3, 0.4) is 0 Å². The quantitative estimate of drug-likeness (QED) is 0.930. The van der Waals surface area contributed by atoms with Crippen LogP contribution in [-0.4, -0.2) is 34.7 Å². The Hall–Kier alpha value is -2.18. The van der Waals surface area contributed by atoms with E-state index < -0.39 is 40.4 Å². The van der Waals surface area contributed by atoms with E-state index in [-0.39, 0.29) is 0 Å². The first-order valence-electron chi connectivity index (χ1n) is 6.56. The van der Waals surface area contributed by atoms with E-state index in [1.165, 1.54) is 6.07 Å². The Bertz CT molecular complexity index is 598. The van der Waals surface area contributed by atoms with E-state index in [0.29, 0.717) is 0 Å². The van der Waals surface area contributed by atoms with Crippen molar-refractivity contribution >= 4 is 12.1 Å². The third-order valence-corrected chi connectivity index (χ3v) is 3.23. The Balaban J connectivity index is 3.35. The summed E-state index contributed by atoms with van der Waals surface area (Å²) in [5.41, 5.74) is -3.44. The summed E-state index contributed by atoms with van der Waals surface area (Å²) in [6, 6.07) is 3.17. The SMILES string of the molecule is CN(C(=O)OC(C)(C)C)C(C)(C(=O)O)c1cccc(F)c1F. The number of carboxylic acid groups (broad SMARTS) is 1. The van der Waals surface area contributed by atoms with Crippen LogP contribution in [0.1, 0.15) is 33.3 Å². The summed E-state index contributed by atoms with van der Waals surface area (Å²) in [4.78, 5) is 24.5. The second kappa shape index (κ2) is 5.90. The molecule has 0 fully saturated rings. The second-order valence-electron chi connectivity index (χ2n) is 6.02. The average molecular weight is 315 g/mol. The van der Waals surface area contributed by atoms with E-state index >= 15 is 0 Å². The van der Waals surface area contributed by atoms with Crippen molar-refractivity contribution in [2.24, 2.45) is 0 Å². The third kappa shape index (κ3) is 3.35. The summed E-state index contributed by atoms with van der Waals surface area (Å²) in [7, 11) is 1.16. The molecule has 0 aliphatic heterocycles. The van der Waals surface area contributed by atoms with E-state index in [0.717, 1.165) is 31.0 Å². The van der Waals surface area contributed by atoms with Gasteiger partial charge in [0.25, 0.3) is 0 Å². The van der Waals surface area contributed by atoms with Crippen molar-refractivity contribution in [2.45, 2.75) is 38.8 Å². The van der Waals surface area contributed by atoms with Crippen LogP contribution in [0.15, 0.2) is 18.2 Å². The first-order valence-corrected chi connectivity index (χ1v) is 6.56. The lowest BCUT2D eigenvalue weighted by atomic mass is 9.90. The number of benzene rings is 1. The van der Waals surface area contributed by atoms with Crippen molar-refractivity contribution in [2.75, 3.05) is 7.05 Å². The Kier molecular flexibility index (Phi) is 4.79. The van der Waals surface area contributed by atoms with Crippen molar-refractivity contribution in [3.8, 4) is 0 Å². The molecule has 1 amide bonds. The first kappa shape index (κ1) is 17.9. The molecule has 5 nitrogen and oxygen atoms in total. The van der Waals surface area contributed by atoms with Gasteiger partial charge < -0.3 is 9.84 Å². The number of nitrogens with zero attached hydrogens (tertiary/aromatic N) is 1. The number of ether oxygens (including phenoxy) is 1. The third-order valence-electron chi connectivity index (χ3n) is 3.23. The second-order valence-corrected chi connectivity index (χ2v) is 6.02. The Morgan fingerprint density at radius 3 is 2.18 bits per heavy atom. The van der Waals surface area contributed by atoms with Crippen LogP contribution in [0, 0.1) is 11.6 Å². The van der Waals surface area contributed by atoms with E-state index in [4.69, 9.17) is 4.74 Å². The van der Waals surface area contributed by atoms with E-state index in [9.17, 15) is 23.5 Å². The summed E-state index contributed by atoms with van der Waals surface area (Å²) in [6.45, 7) is 5.94. The summed E-state index contributed by atoms with van der Waals surface area (Å²) in [6.07, 6.45) is -0.957. The van der Waals surface area contributed by atoms with Crippen molar-refractivity contribution in [3.63, 3.8) is 0 Å². The van der Waals surface area contributed by atoms with Crippen LogP contribution in [0.4, 0.5) is 13.6 Å². The first-order chi connectivity index (χ1) is 9.91. The fourth-order valence-electron chi connectivity index (χ4n) is 1.83. The summed E-state index contributed by atoms with van der Waals surface area (Å²) < 4.78 is 32.5. The molecule has 0 aromatic heterocycles. The maximum atomic E-state index is 14.0. The fraction of sp³-hybridized carbons (Fsp3) is 0.467. The van der Waals surface area contributed by atoms with Crippen LogP contribution < -0.4 is 0 Å². The molecule has 1 aromatic carbocycles. The number of halogens is 2. The molecule has 22 heavy (non-hydrogen) atoms. The maximum absolute atomic E-state index is 14.0. The summed E-state index contributed by atoms with van der Waals surface area (Å²) in [5, 5.41) is 9.48. The lowest BCUT2D eigenvalue weighted by Crippen LogP contribution is -2.52. The number of carbonyl (C=O) groups is 2. The zero-order valence-electron chi connectivity index (χ0n) is 13.1. The molecular weight excluding hydrogens is 296 g/mol. The molecule has 0 spiro atoms. The van der Waals surface area contributed by atoms with Crippen LogP contribution in [0.25, 0.3) is 0 Å². The summed E-state index contributed by atoms with van der Waals surface area (Å²) >= 11 is 0. The number of carboxylic acids is 1. The zero-order valence-corrected chi connectivity index (χ0v) is 13.1. The predicted octanol–water partition coefficient (Wildman–Crippen LogP) is 3.13. The molecule has 0 saturated carbocycles. The highest BCUT2D eigenvalue weighted by atomic mass is 19.2. The fourth-order valence-corrected chi connectivity index (χ4v) is 1.83. The minimum absolute atomic E-state index is 0.464. The number of rotatable bonds is 3. The number of amides is 1. The molecule has 0 radical (unpaired) electrons. The predicted molar refractivity (Wildman–Crippen MR) is 75.3 cm³/mol.